The Balaban J connectivity index is 2.62. The number of nitriles is 2. The van der Waals surface area contributed by atoms with Crippen LogP contribution >= 0.6 is 0 Å². The van der Waals surface area contributed by atoms with Crippen LogP contribution in [0.4, 0.5) is 0 Å². The van der Waals surface area contributed by atoms with E-state index in [1.807, 2.05) is 13.0 Å². The summed E-state index contributed by atoms with van der Waals surface area (Å²) in [5.41, 5.74) is 0.863. The van der Waals surface area contributed by atoms with E-state index in [-0.39, 0.29) is 38.5 Å². The maximum absolute atomic E-state index is 13.6. The van der Waals surface area contributed by atoms with E-state index in [1.54, 1.807) is 30.3 Å². The van der Waals surface area contributed by atoms with Crippen molar-refractivity contribution in [2.24, 2.45) is 5.41 Å². The Morgan fingerprint density at radius 2 is 1.61 bits per heavy atom. The molecule has 2 aromatic carbocycles. The first-order chi connectivity index (χ1) is 16.8. The summed E-state index contributed by atoms with van der Waals surface area (Å²) in [5, 5.41) is 18.1. The summed E-state index contributed by atoms with van der Waals surface area (Å²) >= 11 is 0. The standard InChI is InChI=1S/C28H34N2O5S/c1-8-13-34-24-12-10-22(28(5,6)19-27(2,3)4)16-26(24)36(31,32)35-25-15-20(9-11-23(25)33-7)14-21(17-29)18-30/h9-12,14-16H,8,13,19H2,1-7H3. The number of hydrogen-bond acceptors (Lipinski definition) is 7. The first-order valence-corrected chi connectivity index (χ1v) is 13.1. The predicted octanol–water partition coefficient (Wildman–Crippen LogP) is 6.40. The van der Waals surface area contributed by atoms with Crippen LogP contribution in [0, 0.1) is 28.1 Å². The van der Waals surface area contributed by atoms with Crippen LogP contribution in [0.1, 0.15) is 65.5 Å². The minimum Gasteiger partial charge on any atom is -0.493 e. The van der Waals surface area contributed by atoms with Crippen LogP contribution in [0.5, 0.6) is 17.2 Å². The fourth-order valence-corrected chi connectivity index (χ4v) is 5.25. The molecule has 0 aliphatic rings. The molecule has 0 saturated heterocycles. The Morgan fingerprint density at radius 1 is 0.972 bits per heavy atom. The maximum Gasteiger partial charge on any atom is 0.343 e. The van der Waals surface area contributed by atoms with Crippen molar-refractivity contribution in [3.05, 3.63) is 53.1 Å². The third kappa shape index (κ3) is 7.50. The zero-order valence-corrected chi connectivity index (χ0v) is 22.8. The van der Waals surface area contributed by atoms with Crippen molar-refractivity contribution in [1.82, 2.24) is 0 Å². The largest absolute Gasteiger partial charge is 0.493 e. The normalized spacial score (nSPS) is 11.7. The predicted molar refractivity (Wildman–Crippen MR) is 139 cm³/mol. The molecule has 0 saturated carbocycles. The van der Waals surface area contributed by atoms with Crippen LogP contribution in [0.15, 0.2) is 46.9 Å². The van der Waals surface area contributed by atoms with Crippen molar-refractivity contribution in [3.63, 3.8) is 0 Å². The first-order valence-electron chi connectivity index (χ1n) is 11.7. The Bertz CT molecular complexity index is 1290. The summed E-state index contributed by atoms with van der Waals surface area (Å²) in [6.45, 7) is 12.9. The summed E-state index contributed by atoms with van der Waals surface area (Å²) in [4.78, 5) is -0.0758. The van der Waals surface area contributed by atoms with Gasteiger partial charge in [-0.25, -0.2) is 0 Å². The molecule has 0 aromatic heterocycles. The molecule has 0 bridgehead atoms. The number of benzene rings is 2. The maximum atomic E-state index is 13.6. The number of rotatable bonds is 10. The van der Waals surface area contributed by atoms with Crippen molar-refractivity contribution in [2.45, 2.75) is 64.7 Å². The fourth-order valence-electron chi connectivity index (χ4n) is 4.15. The third-order valence-electron chi connectivity index (χ3n) is 5.37. The van der Waals surface area contributed by atoms with Gasteiger partial charge in [0, 0.05) is 0 Å². The van der Waals surface area contributed by atoms with Crippen LogP contribution in [0.25, 0.3) is 6.08 Å². The minimum absolute atomic E-state index is 0.0312. The van der Waals surface area contributed by atoms with Gasteiger partial charge >= 0.3 is 10.1 Å². The summed E-state index contributed by atoms with van der Waals surface area (Å²) < 4.78 is 43.8. The van der Waals surface area contributed by atoms with E-state index in [2.05, 4.69) is 34.6 Å². The van der Waals surface area contributed by atoms with Crippen LogP contribution in [-0.2, 0) is 15.5 Å². The summed E-state index contributed by atoms with van der Waals surface area (Å²) in [6, 6.07) is 13.3. The van der Waals surface area contributed by atoms with E-state index < -0.39 is 10.1 Å². The Morgan fingerprint density at radius 3 is 2.17 bits per heavy atom. The SMILES string of the molecule is CCCOc1ccc(C(C)(C)CC(C)(C)C)cc1S(=O)(=O)Oc1cc(C=C(C#N)C#N)ccc1OC. The van der Waals surface area contributed by atoms with Crippen molar-refractivity contribution in [1.29, 1.82) is 10.5 Å². The molecule has 2 aromatic rings. The van der Waals surface area contributed by atoms with E-state index >= 15 is 0 Å². The van der Waals surface area contributed by atoms with E-state index in [4.69, 9.17) is 24.2 Å². The molecule has 0 N–H and O–H groups in total. The second kappa shape index (κ2) is 11.5. The van der Waals surface area contributed by atoms with Gasteiger partial charge in [-0.2, -0.15) is 18.9 Å². The molecular formula is C28H34N2O5S. The van der Waals surface area contributed by atoms with Crippen molar-refractivity contribution < 1.29 is 22.1 Å². The molecule has 2 rings (SSSR count). The van der Waals surface area contributed by atoms with Crippen molar-refractivity contribution in [2.75, 3.05) is 13.7 Å². The van der Waals surface area contributed by atoms with Gasteiger partial charge in [0.1, 0.15) is 28.4 Å². The van der Waals surface area contributed by atoms with Gasteiger partial charge in [0.15, 0.2) is 11.5 Å². The highest BCUT2D eigenvalue weighted by Crippen LogP contribution is 2.40. The second-order valence-electron chi connectivity index (χ2n) is 10.4. The van der Waals surface area contributed by atoms with Gasteiger partial charge in [0.2, 0.25) is 0 Å². The molecular weight excluding hydrogens is 476 g/mol. The zero-order valence-electron chi connectivity index (χ0n) is 22.0. The van der Waals surface area contributed by atoms with Gasteiger partial charge in [-0.05, 0) is 65.1 Å². The quantitative estimate of drug-likeness (QED) is 0.269. The second-order valence-corrected chi connectivity index (χ2v) is 11.9. The smallest absolute Gasteiger partial charge is 0.343 e. The average molecular weight is 511 g/mol. The number of allylic oxidation sites excluding steroid dienone is 1. The molecule has 0 unspecified atom stereocenters. The molecule has 0 fully saturated rings. The highest BCUT2D eigenvalue weighted by molar-refractivity contribution is 7.87. The number of hydrogen-bond donors (Lipinski definition) is 0. The molecule has 8 heteroatoms. The van der Waals surface area contributed by atoms with Crippen LogP contribution in [-0.4, -0.2) is 22.1 Å². The van der Waals surface area contributed by atoms with Crippen LogP contribution in [0.2, 0.25) is 0 Å². The summed E-state index contributed by atoms with van der Waals surface area (Å²) in [5.74, 6) is 0.326. The topological polar surface area (TPSA) is 109 Å². The van der Waals surface area contributed by atoms with Crippen LogP contribution < -0.4 is 13.7 Å². The van der Waals surface area contributed by atoms with Gasteiger partial charge in [0.25, 0.3) is 0 Å². The lowest BCUT2D eigenvalue weighted by Crippen LogP contribution is -2.25. The first kappa shape index (κ1) is 28.7. The molecule has 0 aliphatic heterocycles. The van der Waals surface area contributed by atoms with Crippen LogP contribution in [0.3, 0.4) is 0 Å². The molecule has 192 valence electrons. The van der Waals surface area contributed by atoms with Gasteiger partial charge in [-0.3, -0.25) is 0 Å². The Kier molecular flexibility index (Phi) is 9.18. The molecule has 0 heterocycles. The molecule has 0 spiro atoms. The van der Waals surface area contributed by atoms with Gasteiger partial charge in [0.05, 0.1) is 13.7 Å². The molecule has 7 nitrogen and oxygen atoms in total. The molecule has 0 radical (unpaired) electrons. The number of methoxy groups -OCH3 is 1. The van der Waals surface area contributed by atoms with Crippen molar-refractivity contribution in [3.8, 4) is 29.4 Å². The highest BCUT2D eigenvalue weighted by Gasteiger charge is 2.31. The Labute approximate surface area is 215 Å². The van der Waals surface area contributed by atoms with E-state index in [0.717, 1.165) is 12.0 Å². The zero-order chi connectivity index (χ0) is 27.1. The summed E-state index contributed by atoms with van der Waals surface area (Å²) in [6.07, 6.45) is 2.88. The van der Waals surface area contributed by atoms with Gasteiger partial charge in [-0.15, -0.1) is 0 Å². The monoisotopic (exact) mass is 510 g/mol. The molecule has 0 aliphatic carbocycles. The third-order valence-corrected chi connectivity index (χ3v) is 6.62. The minimum atomic E-state index is -4.35. The van der Waals surface area contributed by atoms with Crippen molar-refractivity contribution >= 4 is 16.2 Å². The average Bonchev–Trinajstić information content (AvgIpc) is 2.79. The van der Waals surface area contributed by atoms with E-state index in [9.17, 15) is 8.42 Å². The number of nitrogens with zero attached hydrogens (tertiary/aromatic N) is 2. The van der Waals surface area contributed by atoms with E-state index in [0.29, 0.717) is 18.6 Å². The molecule has 36 heavy (non-hydrogen) atoms. The lowest BCUT2D eigenvalue weighted by atomic mass is 9.72. The molecule has 0 atom stereocenters. The number of ether oxygens (including phenoxy) is 2. The lowest BCUT2D eigenvalue weighted by molar-refractivity contribution is 0.282. The lowest BCUT2D eigenvalue weighted by Gasteiger charge is -2.33. The Hall–Kier alpha value is -3.49. The fraction of sp³-hybridized carbons (Fsp3) is 0.429. The summed E-state index contributed by atoms with van der Waals surface area (Å²) in [7, 11) is -2.95. The van der Waals surface area contributed by atoms with E-state index in [1.165, 1.54) is 25.3 Å². The highest BCUT2D eigenvalue weighted by atomic mass is 32.2. The van der Waals surface area contributed by atoms with Gasteiger partial charge < -0.3 is 13.7 Å². The molecule has 0 amide bonds. The van der Waals surface area contributed by atoms with Gasteiger partial charge in [-0.1, -0.05) is 53.7 Å².